The SMILES string of the molecule is N[C@@H]1C=C2C[C@@]2(CO)C1. The van der Waals surface area contributed by atoms with Crippen molar-refractivity contribution in [2.75, 3.05) is 6.61 Å². The second-order valence-electron chi connectivity index (χ2n) is 3.18. The highest BCUT2D eigenvalue weighted by Gasteiger charge is 2.52. The zero-order valence-electron chi connectivity index (χ0n) is 5.30. The van der Waals surface area contributed by atoms with Crippen molar-refractivity contribution in [3.8, 4) is 0 Å². The van der Waals surface area contributed by atoms with E-state index in [4.69, 9.17) is 10.8 Å². The van der Waals surface area contributed by atoms with Crippen molar-refractivity contribution in [3.05, 3.63) is 11.6 Å². The fourth-order valence-corrected chi connectivity index (χ4v) is 1.75. The van der Waals surface area contributed by atoms with Crippen LogP contribution in [0.1, 0.15) is 12.8 Å². The number of hydrogen-bond acceptors (Lipinski definition) is 2. The van der Waals surface area contributed by atoms with Crippen LogP contribution in [0.3, 0.4) is 0 Å². The molecule has 2 nitrogen and oxygen atoms in total. The normalized spacial score (nSPS) is 46.4. The Hall–Kier alpha value is -0.340. The van der Waals surface area contributed by atoms with E-state index in [1.165, 1.54) is 5.57 Å². The molecule has 0 saturated heterocycles. The predicted octanol–water partition coefficient (Wildman–Crippen LogP) is 0.0262. The molecule has 0 spiro atoms. The quantitative estimate of drug-likeness (QED) is 0.485. The summed E-state index contributed by atoms with van der Waals surface area (Å²) in [6, 6.07) is 0.223. The van der Waals surface area contributed by atoms with E-state index in [1.54, 1.807) is 0 Å². The van der Waals surface area contributed by atoms with Gasteiger partial charge in [0.25, 0.3) is 0 Å². The Kier molecular flexibility index (Phi) is 0.838. The van der Waals surface area contributed by atoms with Crippen molar-refractivity contribution in [1.82, 2.24) is 0 Å². The predicted molar refractivity (Wildman–Crippen MR) is 34.8 cm³/mol. The van der Waals surface area contributed by atoms with E-state index in [1.807, 2.05) is 0 Å². The van der Waals surface area contributed by atoms with Crippen LogP contribution in [-0.2, 0) is 0 Å². The average Bonchev–Trinajstić information content (AvgIpc) is 2.38. The summed E-state index contributed by atoms with van der Waals surface area (Å²) in [5.41, 5.74) is 7.18. The summed E-state index contributed by atoms with van der Waals surface area (Å²) >= 11 is 0. The van der Waals surface area contributed by atoms with Crippen LogP contribution in [0.2, 0.25) is 0 Å². The molecule has 50 valence electrons. The number of aliphatic hydroxyl groups is 1. The van der Waals surface area contributed by atoms with Gasteiger partial charge in [-0.1, -0.05) is 11.6 Å². The minimum absolute atomic E-state index is 0.166. The van der Waals surface area contributed by atoms with Crippen LogP contribution in [0.25, 0.3) is 0 Å². The van der Waals surface area contributed by atoms with Crippen molar-refractivity contribution >= 4 is 0 Å². The number of rotatable bonds is 1. The van der Waals surface area contributed by atoms with Gasteiger partial charge in [0.05, 0.1) is 6.61 Å². The van der Waals surface area contributed by atoms with Gasteiger partial charge in [0.15, 0.2) is 0 Å². The topological polar surface area (TPSA) is 46.2 Å². The molecule has 2 atom stereocenters. The lowest BCUT2D eigenvalue weighted by Gasteiger charge is -2.08. The average molecular weight is 125 g/mol. The lowest BCUT2D eigenvalue weighted by Crippen LogP contribution is -2.19. The van der Waals surface area contributed by atoms with E-state index < -0.39 is 0 Å². The third kappa shape index (κ3) is 0.575. The van der Waals surface area contributed by atoms with Crippen LogP contribution in [0, 0.1) is 5.41 Å². The minimum atomic E-state index is 0.166. The molecular weight excluding hydrogens is 114 g/mol. The maximum Gasteiger partial charge on any atom is 0.0528 e. The van der Waals surface area contributed by atoms with Crippen molar-refractivity contribution in [1.29, 1.82) is 0 Å². The summed E-state index contributed by atoms with van der Waals surface area (Å²) in [4.78, 5) is 0. The van der Waals surface area contributed by atoms with Crippen LogP contribution in [0.4, 0.5) is 0 Å². The van der Waals surface area contributed by atoms with E-state index in [9.17, 15) is 0 Å². The Morgan fingerprint density at radius 2 is 2.67 bits per heavy atom. The number of hydrogen-bond donors (Lipinski definition) is 2. The first-order chi connectivity index (χ1) is 4.27. The third-order valence-corrected chi connectivity index (χ3v) is 2.43. The highest BCUT2D eigenvalue weighted by molar-refractivity contribution is 5.39. The van der Waals surface area contributed by atoms with Crippen LogP contribution < -0.4 is 5.73 Å². The lowest BCUT2D eigenvalue weighted by atomic mass is 10.0. The zero-order valence-corrected chi connectivity index (χ0v) is 5.30. The van der Waals surface area contributed by atoms with Crippen LogP contribution in [0.5, 0.6) is 0 Å². The van der Waals surface area contributed by atoms with Gasteiger partial charge < -0.3 is 10.8 Å². The molecule has 2 aliphatic rings. The van der Waals surface area contributed by atoms with Crippen LogP contribution >= 0.6 is 0 Å². The molecule has 0 bridgehead atoms. The molecule has 0 aromatic rings. The summed E-state index contributed by atoms with van der Waals surface area (Å²) in [5.74, 6) is 0. The smallest absolute Gasteiger partial charge is 0.0528 e. The number of nitrogens with two attached hydrogens (primary N) is 1. The zero-order chi connectivity index (χ0) is 6.48. The summed E-state index contributed by atoms with van der Waals surface area (Å²) in [5, 5.41) is 8.89. The Morgan fingerprint density at radius 1 is 1.89 bits per heavy atom. The first-order valence-electron chi connectivity index (χ1n) is 3.34. The van der Waals surface area contributed by atoms with Crippen molar-refractivity contribution in [2.45, 2.75) is 18.9 Å². The van der Waals surface area contributed by atoms with Gasteiger partial charge >= 0.3 is 0 Å². The van der Waals surface area contributed by atoms with E-state index in [2.05, 4.69) is 6.08 Å². The van der Waals surface area contributed by atoms with Gasteiger partial charge in [-0.05, 0) is 12.8 Å². The van der Waals surface area contributed by atoms with Gasteiger partial charge in [-0.15, -0.1) is 0 Å². The Morgan fingerprint density at radius 3 is 3.00 bits per heavy atom. The van der Waals surface area contributed by atoms with Gasteiger partial charge in [-0.2, -0.15) is 0 Å². The second kappa shape index (κ2) is 1.39. The standard InChI is InChI=1S/C7H11NO/c8-6-1-5-2-7(5,3-6)4-9/h1,6,9H,2-4,8H2/t6-,7+/m1/s1. The summed E-state index contributed by atoms with van der Waals surface area (Å²) in [6.07, 6.45) is 4.16. The van der Waals surface area contributed by atoms with Crippen LogP contribution in [0.15, 0.2) is 11.6 Å². The van der Waals surface area contributed by atoms with Gasteiger partial charge in [-0.3, -0.25) is 0 Å². The highest BCUT2D eigenvalue weighted by Crippen LogP contribution is 2.58. The molecular formula is C7H11NO. The molecule has 0 aliphatic heterocycles. The van der Waals surface area contributed by atoms with E-state index in [-0.39, 0.29) is 11.5 Å². The molecule has 0 aromatic heterocycles. The molecule has 2 aliphatic carbocycles. The first-order valence-corrected chi connectivity index (χ1v) is 3.34. The fourth-order valence-electron chi connectivity index (χ4n) is 1.75. The highest BCUT2D eigenvalue weighted by atomic mass is 16.3. The largest absolute Gasteiger partial charge is 0.395 e. The van der Waals surface area contributed by atoms with Crippen LogP contribution in [-0.4, -0.2) is 17.8 Å². The van der Waals surface area contributed by atoms with Gasteiger partial charge in [0, 0.05) is 11.5 Å². The summed E-state index contributed by atoms with van der Waals surface area (Å²) < 4.78 is 0. The maximum atomic E-state index is 8.89. The fraction of sp³-hybridized carbons (Fsp3) is 0.714. The monoisotopic (exact) mass is 125 g/mol. The van der Waals surface area contributed by atoms with Crippen molar-refractivity contribution < 1.29 is 5.11 Å². The summed E-state index contributed by atoms with van der Waals surface area (Å²) in [6.45, 7) is 0.298. The molecule has 0 amide bonds. The number of fused-ring (bicyclic) bond motifs is 1. The molecule has 1 fully saturated rings. The first kappa shape index (κ1) is 5.45. The van der Waals surface area contributed by atoms with E-state index >= 15 is 0 Å². The van der Waals surface area contributed by atoms with E-state index in [0.717, 1.165) is 12.8 Å². The molecule has 2 heteroatoms. The van der Waals surface area contributed by atoms with Crippen molar-refractivity contribution in [2.24, 2.45) is 11.1 Å². The molecule has 9 heavy (non-hydrogen) atoms. The molecule has 3 N–H and O–H groups in total. The molecule has 2 rings (SSSR count). The lowest BCUT2D eigenvalue weighted by molar-refractivity contribution is 0.214. The van der Waals surface area contributed by atoms with Gasteiger partial charge in [0.2, 0.25) is 0 Å². The summed E-state index contributed by atoms with van der Waals surface area (Å²) in [7, 11) is 0. The van der Waals surface area contributed by atoms with Gasteiger partial charge in [0.1, 0.15) is 0 Å². The second-order valence-corrected chi connectivity index (χ2v) is 3.18. The maximum absolute atomic E-state index is 8.89. The molecule has 0 aromatic carbocycles. The Balaban J connectivity index is 2.19. The molecule has 0 radical (unpaired) electrons. The number of aliphatic hydroxyl groups excluding tert-OH is 1. The van der Waals surface area contributed by atoms with E-state index in [0.29, 0.717) is 6.61 Å². The van der Waals surface area contributed by atoms with Gasteiger partial charge in [-0.25, -0.2) is 0 Å². The molecule has 0 unspecified atom stereocenters. The Bertz CT molecular complexity index is 176. The molecule has 1 saturated carbocycles. The third-order valence-electron chi connectivity index (χ3n) is 2.43. The van der Waals surface area contributed by atoms with Crippen molar-refractivity contribution in [3.63, 3.8) is 0 Å². The molecule has 0 heterocycles. The minimum Gasteiger partial charge on any atom is -0.395 e. The Labute approximate surface area is 54.4 Å².